The van der Waals surface area contributed by atoms with Gasteiger partial charge in [-0.15, -0.1) is 0 Å². The monoisotopic (exact) mass is 448 g/mol. The summed E-state index contributed by atoms with van der Waals surface area (Å²) in [5.74, 6) is -0.00980. The van der Waals surface area contributed by atoms with Crippen molar-refractivity contribution in [2.24, 2.45) is 0 Å². The van der Waals surface area contributed by atoms with Crippen molar-refractivity contribution in [2.45, 2.75) is 57.2 Å². The molecule has 3 amide bonds. The Hall–Kier alpha value is -2.86. The minimum absolute atomic E-state index is 0.00980. The molecule has 1 unspecified atom stereocenters. The van der Waals surface area contributed by atoms with Crippen LogP contribution in [-0.4, -0.2) is 60.0 Å². The topological polar surface area (TPSA) is 64.7 Å². The highest BCUT2D eigenvalue weighted by molar-refractivity contribution is 5.86. The number of amides is 3. The molecule has 2 fully saturated rings. The lowest BCUT2D eigenvalue weighted by molar-refractivity contribution is -0.134. The first-order valence-electron chi connectivity index (χ1n) is 12.3. The molecule has 6 heteroatoms. The van der Waals surface area contributed by atoms with E-state index in [1.165, 1.54) is 17.5 Å². The van der Waals surface area contributed by atoms with Gasteiger partial charge in [-0.3, -0.25) is 9.69 Å². The van der Waals surface area contributed by atoms with Gasteiger partial charge in [-0.1, -0.05) is 79.9 Å². The Morgan fingerprint density at radius 1 is 0.818 bits per heavy atom. The van der Waals surface area contributed by atoms with E-state index in [2.05, 4.69) is 64.1 Å². The summed E-state index contributed by atoms with van der Waals surface area (Å²) in [4.78, 5) is 29.7. The van der Waals surface area contributed by atoms with Gasteiger partial charge in [0, 0.05) is 32.2 Å². The van der Waals surface area contributed by atoms with Gasteiger partial charge in [-0.25, -0.2) is 4.79 Å². The zero-order valence-electron chi connectivity index (χ0n) is 19.6. The molecule has 6 nitrogen and oxygen atoms in total. The van der Waals surface area contributed by atoms with Gasteiger partial charge in [0.15, 0.2) is 0 Å². The van der Waals surface area contributed by atoms with E-state index in [0.717, 1.165) is 38.8 Å². The Morgan fingerprint density at radius 3 is 1.91 bits per heavy atom. The van der Waals surface area contributed by atoms with Gasteiger partial charge < -0.3 is 15.5 Å². The zero-order chi connectivity index (χ0) is 23.0. The molecular weight excluding hydrogens is 412 g/mol. The predicted molar refractivity (Wildman–Crippen MR) is 131 cm³/mol. The Morgan fingerprint density at radius 2 is 1.36 bits per heavy atom. The molecule has 2 aromatic rings. The van der Waals surface area contributed by atoms with E-state index in [1.54, 1.807) is 6.92 Å². The van der Waals surface area contributed by atoms with Crippen molar-refractivity contribution in [3.8, 4) is 0 Å². The lowest BCUT2D eigenvalue weighted by Crippen LogP contribution is -2.56. The zero-order valence-corrected chi connectivity index (χ0v) is 19.6. The Kier molecular flexibility index (Phi) is 8.00. The summed E-state index contributed by atoms with van der Waals surface area (Å²) >= 11 is 0. The third kappa shape index (κ3) is 6.14. The summed E-state index contributed by atoms with van der Waals surface area (Å²) in [6.45, 7) is 4.69. The summed E-state index contributed by atoms with van der Waals surface area (Å²) < 4.78 is 0. The maximum Gasteiger partial charge on any atom is 0.315 e. The first-order chi connectivity index (χ1) is 16.1. The van der Waals surface area contributed by atoms with Crippen molar-refractivity contribution in [2.75, 3.05) is 26.2 Å². The second-order valence-corrected chi connectivity index (χ2v) is 9.26. The lowest BCUT2D eigenvalue weighted by atomic mass is 9.96. The van der Waals surface area contributed by atoms with Crippen LogP contribution in [0.25, 0.3) is 0 Å². The molecule has 0 spiro atoms. The summed E-state index contributed by atoms with van der Waals surface area (Å²) in [5.41, 5.74) is 2.52. The van der Waals surface area contributed by atoms with Crippen molar-refractivity contribution in [1.82, 2.24) is 20.4 Å². The van der Waals surface area contributed by atoms with Gasteiger partial charge in [0.25, 0.3) is 0 Å². The van der Waals surface area contributed by atoms with Crippen molar-refractivity contribution in [3.63, 3.8) is 0 Å². The molecule has 1 saturated carbocycles. The first kappa shape index (κ1) is 23.3. The third-order valence-corrected chi connectivity index (χ3v) is 6.88. The fourth-order valence-corrected chi connectivity index (χ4v) is 5.09. The average molecular weight is 449 g/mol. The van der Waals surface area contributed by atoms with Crippen LogP contribution in [0, 0.1) is 0 Å². The van der Waals surface area contributed by atoms with E-state index in [4.69, 9.17) is 0 Å². The fraction of sp³-hybridized carbons (Fsp3) is 0.481. The van der Waals surface area contributed by atoms with Crippen molar-refractivity contribution < 1.29 is 9.59 Å². The van der Waals surface area contributed by atoms with Gasteiger partial charge in [0.05, 0.1) is 6.04 Å². The molecule has 33 heavy (non-hydrogen) atoms. The molecule has 2 aliphatic rings. The van der Waals surface area contributed by atoms with Crippen LogP contribution in [0.15, 0.2) is 60.7 Å². The van der Waals surface area contributed by atoms with Crippen molar-refractivity contribution in [1.29, 1.82) is 0 Å². The SMILES string of the molecule is CC(NC(=O)NC1CCCCC1)C(=O)N1CCN(C(c2ccccc2)c2ccccc2)CC1. The van der Waals surface area contributed by atoms with E-state index in [0.29, 0.717) is 13.1 Å². The molecule has 1 heterocycles. The predicted octanol–water partition coefficient (Wildman–Crippen LogP) is 3.94. The van der Waals surface area contributed by atoms with Crippen LogP contribution in [-0.2, 0) is 4.79 Å². The van der Waals surface area contributed by atoms with E-state index in [1.807, 2.05) is 17.0 Å². The Labute approximate surface area is 197 Å². The number of benzene rings is 2. The van der Waals surface area contributed by atoms with Crippen molar-refractivity contribution >= 4 is 11.9 Å². The van der Waals surface area contributed by atoms with Crippen LogP contribution >= 0.6 is 0 Å². The number of carbonyl (C=O) groups is 2. The fourth-order valence-electron chi connectivity index (χ4n) is 5.09. The summed E-state index contributed by atoms with van der Waals surface area (Å²) in [7, 11) is 0. The van der Waals surface area contributed by atoms with Crippen LogP contribution in [0.1, 0.15) is 56.2 Å². The third-order valence-electron chi connectivity index (χ3n) is 6.88. The number of carbonyl (C=O) groups excluding carboxylic acids is 2. The highest BCUT2D eigenvalue weighted by Gasteiger charge is 2.30. The molecular formula is C27H36N4O2. The van der Waals surface area contributed by atoms with E-state index < -0.39 is 6.04 Å². The van der Waals surface area contributed by atoms with Crippen LogP contribution in [0.5, 0.6) is 0 Å². The lowest BCUT2D eigenvalue weighted by Gasteiger charge is -2.40. The number of hydrogen-bond acceptors (Lipinski definition) is 3. The Bertz CT molecular complexity index is 851. The number of hydrogen-bond donors (Lipinski definition) is 2. The number of piperazine rings is 1. The summed E-state index contributed by atoms with van der Waals surface area (Å²) in [6.07, 6.45) is 5.63. The van der Waals surface area contributed by atoms with Crippen LogP contribution < -0.4 is 10.6 Å². The van der Waals surface area contributed by atoms with Gasteiger partial charge in [-0.05, 0) is 30.9 Å². The van der Waals surface area contributed by atoms with E-state index in [-0.39, 0.29) is 24.0 Å². The summed E-state index contributed by atoms with van der Waals surface area (Å²) in [5, 5.41) is 5.89. The molecule has 0 radical (unpaired) electrons. The Balaban J connectivity index is 1.33. The minimum atomic E-state index is -0.529. The average Bonchev–Trinajstić information content (AvgIpc) is 2.86. The standard InChI is InChI=1S/C27H36N4O2/c1-21(28-27(33)29-24-15-9-4-10-16-24)26(32)31-19-17-30(18-20-31)25(22-11-5-2-6-12-22)23-13-7-3-8-14-23/h2-3,5-8,11-14,21,24-25H,4,9-10,15-20H2,1H3,(H2,28,29,33). The largest absolute Gasteiger partial charge is 0.338 e. The van der Waals surface area contributed by atoms with Gasteiger partial charge in [-0.2, -0.15) is 0 Å². The van der Waals surface area contributed by atoms with Crippen LogP contribution in [0.3, 0.4) is 0 Å². The smallest absolute Gasteiger partial charge is 0.315 e. The maximum atomic E-state index is 13.0. The number of urea groups is 1. The second-order valence-electron chi connectivity index (χ2n) is 9.26. The number of nitrogens with one attached hydrogen (secondary N) is 2. The number of nitrogens with zero attached hydrogens (tertiary/aromatic N) is 2. The molecule has 1 aliphatic heterocycles. The highest BCUT2D eigenvalue weighted by atomic mass is 16.2. The molecule has 2 N–H and O–H groups in total. The first-order valence-corrected chi connectivity index (χ1v) is 12.3. The molecule has 1 saturated heterocycles. The summed E-state index contributed by atoms with van der Waals surface area (Å²) in [6, 6.07) is 20.7. The van der Waals surface area contributed by atoms with Crippen molar-refractivity contribution in [3.05, 3.63) is 71.8 Å². The molecule has 1 aliphatic carbocycles. The second kappa shape index (κ2) is 11.3. The van der Waals surface area contributed by atoms with Gasteiger partial charge >= 0.3 is 6.03 Å². The quantitative estimate of drug-likeness (QED) is 0.704. The van der Waals surface area contributed by atoms with Gasteiger partial charge in [0.2, 0.25) is 5.91 Å². The van der Waals surface area contributed by atoms with Crippen LogP contribution in [0.2, 0.25) is 0 Å². The molecule has 2 aromatic carbocycles. The molecule has 0 bridgehead atoms. The maximum absolute atomic E-state index is 13.0. The molecule has 1 atom stereocenters. The molecule has 4 rings (SSSR count). The van der Waals surface area contributed by atoms with E-state index >= 15 is 0 Å². The number of rotatable bonds is 6. The van der Waals surface area contributed by atoms with Gasteiger partial charge in [0.1, 0.15) is 6.04 Å². The minimum Gasteiger partial charge on any atom is -0.338 e. The molecule has 0 aromatic heterocycles. The van der Waals surface area contributed by atoms with Crippen LogP contribution in [0.4, 0.5) is 4.79 Å². The highest BCUT2D eigenvalue weighted by Crippen LogP contribution is 2.29. The van der Waals surface area contributed by atoms with E-state index in [9.17, 15) is 9.59 Å². The normalized spacial score (nSPS) is 18.7. The molecule has 176 valence electrons.